The molecular weight excluding hydrogens is 293 g/mol. The van der Waals surface area contributed by atoms with Crippen molar-refractivity contribution in [2.75, 3.05) is 6.61 Å². The van der Waals surface area contributed by atoms with E-state index in [0.29, 0.717) is 0 Å². The van der Waals surface area contributed by atoms with Crippen molar-refractivity contribution < 1.29 is 28.6 Å². The van der Waals surface area contributed by atoms with Crippen LogP contribution in [0.4, 0.5) is 4.39 Å². The molecule has 0 unspecified atom stereocenters. The van der Waals surface area contributed by atoms with Gasteiger partial charge in [-0.1, -0.05) is 6.92 Å². The van der Waals surface area contributed by atoms with Gasteiger partial charge >= 0.3 is 11.9 Å². The minimum absolute atomic E-state index is 0.130. The van der Waals surface area contributed by atoms with E-state index in [2.05, 4.69) is 5.32 Å². The van der Waals surface area contributed by atoms with Gasteiger partial charge in [0, 0.05) is 5.56 Å². The molecule has 0 aliphatic rings. The zero-order chi connectivity index (χ0) is 16.7. The highest BCUT2D eigenvalue weighted by Gasteiger charge is 2.28. The molecule has 22 heavy (non-hydrogen) atoms. The number of nitrogens with one attached hydrogen (secondary N) is 1. The Labute approximate surface area is 127 Å². The van der Waals surface area contributed by atoms with E-state index in [4.69, 9.17) is 4.74 Å². The van der Waals surface area contributed by atoms with Crippen molar-refractivity contribution >= 4 is 17.8 Å². The molecule has 0 heterocycles. The van der Waals surface area contributed by atoms with Crippen LogP contribution in [0.2, 0.25) is 0 Å². The van der Waals surface area contributed by atoms with E-state index in [9.17, 15) is 23.9 Å². The number of carbonyl (C=O) groups excluding carboxylic acids is 2. The summed E-state index contributed by atoms with van der Waals surface area (Å²) in [5, 5.41) is 11.5. The quantitative estimate of drug-likeness (QED) is 0.746. The number of hydrogen-bond donors (Lipinski definition) is 2. The zero-order valence-electron chi connectivity index (χ0n) is 12.3. The van der Waals surface area contributed by atoms with Crippen molar-refractivity contribution in [3.05, 3.63) is 35.6 Å². The predicted octanol–water partition coefficient (Wildman–Crippen LogP) is 1.60. The van der Waals surface area contributed by atoms with Gasteiger partial charge in [0.05, 0.1) is 13.0 Å². The molecule has 0 aliphatic heterocycles. The summed E-state index contributed by atoms with van der Waals surface area (Å²) in [4.78, 5) is 34.7. The number of amides is 1. The van der Waals surface area contributed by atoms with Crippen LogP contribution < -0.4 is 5.32 Å². The SMILES string of the molecule is CCOC(=O)C[C@H](C)[C@@H](NC(=O)c1ccc(F)cc1)C(=O)O. The molecule has 0 saturated carbocycles. The Morgan fingerprint density at radius 1 is 1.27 bits per heavy atom. The Kier molecular flexibility index (Phi) is 6.49. The molecule has 2 N–H and O–H groups in total. The topological polar surface area (TPSA) is 92.7 Å². The average molecular weight is 311 g/mol. The van der Waals surface area contributed by atoms with Gasteiger partial charge < -0.3 is 15.2 Å². The van der Waals surface area contributed by atoms with Crippen LogP contribution in [0.25, 0.3) is 0 Å². The van der Waals surface area contributed by atoms with Crippen LogP contribution in [0, 0.1) is 11.7 Å². The number of carbonyl (C=O) groups is 3. The molecule has 0 aliphatic carbocycles. The fraction of sp³-hybridized carbons (Fsp3) is 0.400. The highest BCUT2D eigenvalue weighted by atomic mass is 19.1. The number of carboxylic acids is 1. The largest absolute Gasteiger partial charge is 0.480 e. The van der Waals surface area contributed by atoms with E-state index in [0.717, 1.165) is 12.1 Å². The van der Waals surface area contributed by atoms with Gasteiger partial charge in [-0.3, -0.25) is 9.59 Å². The molecule has 1 aromatic carbocycles. The summed E-state index contributed by atoms with van der Waals surface area (Å²) in [6.45, 7) is 3.37. The van der Waals surface area contributed by atoms with Gasteiger partial charge in [-0.2, -0.15) is 0 Å². The monoisotopic (exact) mass is 311 g/mol. The molecule has 0 saturated heterocycles. The van der Waals surface area contributed by atoms with Crippen LogP contribution in [0.5, 0.6) is 0 Å². The lowest BCUT2D eigenvalue weighted by Gasteiger charge is -2.20. The van der Waals surface area contributed by atoms with Gasteiger partial charge in [-0.15, -0.1) is 0 Å². The number of esters is 1. The number of aliphatic carboxylic acids is 1. The first-order valence-corrected chi connectivity index (χ1v) is 6.80. The van der Waals surface area contributed by atoms with Crippen molar-refractivity contribution in [1.29, 1.82) is 0 Å². The van der Waals surface area contributed by atoms with Gasteiger partial charge in [0.25, 0.3) is 5.91 Å². The minimum Gasteiger partial charge on any atom is -0.480 e. The molecule has 1 aromatic rings. The van der Waals surface area contributed by atoms with Gasteiger partial charge in [-0.05, 0) is 37.1 Å². The highest BCUT2D eigenvalue weighted by Crippen LogP contribution is 2.12. The Bertz CT molecular complexity index is 543. The molecule has 0 fully saturated rings. The fourth-order valence-corrected chi connectivity index (χ4v) is 1.87. The van der Waals surface area contributed by atoms with Crippen LogP contribution in [-0.2, 0) is 14.3 Å². The summed E-state index contributed by atoms with van der Waals surface area (Å²) in [6, 6.07) is 3.46. The lowest BCUT2D eigenvalue weighted by molar-refractivity contribution is -0.145. The first kappa shape index (κ1) is 17.6. The van der Waals surface area contributed by atoms with Crippen LogP contribution in [0.3, 0.4) is 0 Å². The number of hydrogen-bond acceptors (Lipinski definition) is 4. The van der Waals surface area contributed by atoms with E-state index in [1.54, 1.807) is 6.92 Å². The zero-order valence-corrected chi connectivity index (χ0v) is 12.3. The molecule has 0 spiro atoms. The Hall–Kier alpha value is -2.44. The van der Waals surface area contributed by atoms with Gasteiger partial charge in [-0.25, -0.2) is 9.18 Å². The second-order valence-electron chi connectivity index (χ2n) is 4.78. The number of halogens is 1. The van der Waals surface area contributed by atoms with Crippen LogP contribution in [0.15, 0.2) is 24.3 Å². The summed E-state index contributed by atoms with van der Waals surface area (Å²) in [5.41, 5.74) is 0.135. The summed E-state index contributed by atoms with van der Waals surface area (Å²) in [5.74, 6) is -3.59. The fourth-order valence-electron chi connectivity index (χ4n) is 1.87. The van der Waals surface area contributed by atoms with E-state index < -0.39 is 35.6 Å². The smallest absolute Gasteiger partial charge is 0.326 e. The number of benzene rings is 1. The van der Waals surface area contributed by atoms with Crippen molar-refractivity contribution in [3.63, 3.8) is 0 Å². The molecule has 7 heteroatoms. The summed E-state index contributed by atoms with van der Waals surface area (Å²) >= 11 is 0. The molecular formula is C15H18FNO5. The standard InChI is InChI=1S/C15H18FNO5/c1-3-22-12(18)8-9(2)13(15(20)21)17-14(19)10-4-6-11(16)7-5-10/h4-7,9,13H,3,8H2,1-2H3,(H,17,19)(H,20,21)/t9-,13+/m0/s1. The second kappa shape index (κ2) is 8.11. The van der Waals surface area contributed by atoms with Gasteiger partial charge in [0.2, 0.25) is 0 Å². The maximum atomic E-state index is 12.8. The number of rotatable bonds is 7. The van der Waals surface area contributed by atoms with E-state index in [1.165, 1.54) is 19.1 Å². The Morgan fingerprint density at radius 2 is 1.86 bits per heavy atom. The lowest BCUT2D eigenvalue weighted by Crippen LogP contribution is -2.45. The maximum Gasteiger partial charge on any atom is 0.326 e. The third kappa shape index (κ3) is 5.16. The van der Waals surface area contributed by atoms with Crippen molar-refractivity contribution in [1.82, 2.24) is 5.32 Å². The van der Waals surface area contributed by atoms with Crippen LogP contribution >= 0.6 is 0 Å². The predicted molar refractivity (Wildman–Crippen MR) is 75.7 cm³/mol. The van der Waals surface area contributed by atoms with Crippen LogP contribution in [-0.4, -0.2) is 35.6 Å². The number of carboxylic acid groups (broad SMARTS) is 1. The maximum absolute atomic E-state index is 12.8. The van der Waals surface area contributed by atoms with Crippen LogP contribution in [0.1, 0.15) is 30.6 Å². The third-order valence-electron chi connectivity index (χ3n) is 3.02. The van der Waals surface area contributed by atoms with Gasteiger partial charge in [0.15, 0.2) is 0 Å². The van der Waals surface area contributed by atoms with Gasteiger partial charge in [0.1, 0.15) is 11.9 Å². The van der Waals surface area contributed by atoms with E-state index in [1.807, 2.05) is 0 Å². The average Bonchev–Trinajstić information content (AvgIpc) is 2.44. The molecule has 0 aromatic heterocycles. The molecule has 0 bridgehead atoms. The molecule has 120 valence electrons. The van der Waals surface area contributed by atoms with Crippen molar-refractivity contribution in [2.24, 2.45) is 5.92 Å². The molecule has 1 amide bonds. The Balaban J connectivity index is 2.75. The number of ether oxygens (including phenoxy) is 1. The highest BCUT2D eigenvalue weighted by molar-refractivity contribution is 5.96. The molecule has 0 radical (unpaired) electrons. The molecule has 2 atom stereocenters. The summed E-state index contributed by atoms with van der Waals surface area (Å²) in [6.07, 6.45) is -0.130. The van der Waals surface area contributed by atoms with E-state index >= 15 is 0 Å². The van der Waals surface area contributed by atoms with E-state index in [-0.39, 0.29) is 18.6 Å². The van der Waals surface area contributed by atoms with Crippen molar-refractivity contribution in [2.45, 2.75) is 26.3 Å². The Morgan fingerprint density at radius 3 is 2.36 bits per heavy atom. The molecule has 1 rings (SSSR count). The summed E-state index contributed by atoms with van der Waals surface area (Å²) < 4.78 is 17.6. The first-order valence-electron chi connectivity index (χ1n) is 6.80. The normalized spacial score (nSPS) is 13.0. The minimum atomic E-state index is -1.26. The molecule has 6 nitrogen and oxygen atoms in total. The first-order chi connectivity index (χ1) is 10.3. The van der Waals surface area contributed by atoms with Crippen molar-refractivity contribution in [3.8, 4) is 0 Å². The lowest BCUT2D eigenvalue weighted by atomic mass is 9.98. The third-order valence-corrected chi connectivity index (χ3v) is 3.02. The second-order valence-corrected chi connectivity index (χ2v) is 4.78. The summed E-state index contributed by atoms with van der Waals surface area (Å²) in [7, 11) is 0.